The molecule has 0 atom stereocenters. The Bertz CT molecular complexity index is 1740. The van der Waals surface area contributed by atoms with Crippen molar-refractivity contribution in [1.82, 2.24) is 9.13 Å². The third-order valence-corrected chi connectivity index (χ3v) is 7.11. The summed E-state index contributed by atoms with van der Waals surface area (Å²) < 4.78 is 4.20. The summed E-state index contributed by atoms with van der Waals surface area (Å²) in [5.74, 6) is 0. The Morgan fingerprint density at radius 3 is 1.12 bits per heavy atom. The fraction of sp³-hybridized carbons (Fsp3) is 0.0625. The lowest BCUT2D eigenvalue weighted by Gasteiger charge is -2.12. The average Bonchev–Trinajstić information content (AvgIpc) is 3.50. The molecule has 8 nitrogen and oxygen atoms in total. The van der Waals surface area contributed by atoms with E-state index in [1.165, 1.54) is 24.3 Å². The van der Waals surface area contributed by atoms with Gasteiger partial charge in [0.05, 0.1) is 32.3 Å². The van der Waals surface area contributed by atoms with Crippen LogP contribution >= 0.6 is 0 Å². The van der Waals surface area contributed by atoms with E-state index in [0.29, 0.717) is 0 Å². The normalized spacial score (nSPS) is 11.2. The fourth-order valence-electron chi connectivity index (χ4n) is 5.03. The van der Waals surface area contributed by atoms with Crippen LogP contribution in [-0.4, -0.2) is 19.0 Å². The monoisotopic (exact) mass is 528 g/mol. The molecule has 0 aliphatic rings. The Morgan fingerprint density at radius 1 is 0.500 bits per heavy atom. The van der Waals surface area contributed by atoms with Gasteiger partial charge in [0, 0.05) is 35.6 Å². The maximum atomic E-state index is 11.3. The highest BCUT2D eigenvalue weighted by molar-refractivity contribution is 5.93. The number of nitrogens with zero attached hydrogens (tertiary/aromatic N) is 4. The Hall–Kier alpha value is -5.50. The molecule has 6 rings (SSSR count). The van der Waals surface area contributed by atoms with Crippen molar-refractivity contribution in [3.05, 3.63) is 141 Å². The van der Waals surface area contributed by atoms with Crippen molar-refractivity contribution in [2.24, 2.45) is 0 Å². The molecule has 2 heterocycles. The van der Waals surface area contributed by atoms with E-state index in [2.05, 4.69) is 69.8 Å². The van der Waals surface area contributed by atoms with E-state index >= 15 is 0 Å². The van der Waals surface area contributed by atoms with E-state index in [0.717, 1.165) is 56.0 Å². The Labute approximate surface area is 229 Å². The van der Waals surface area contributed by atoms with Crippen LogP contribution < -0.4 is 0 Å². The molecule has 0 aliphatic carbocycles. The van der Waals surface area contributed by atoms with Gasteiger partial charge in [-0.15, -0.1) is 0 Å². The molecule has 6 aromatic rings. The van der Waals surface area contributed by atoms with Crippen LogP contribution in [0.4, 0.5) is 11.4 Å². The number of benzene rings is 4. The van der Waals surface area contributed by atoms with E-state index in [1.807, 2.05) is 13.8 Å². The maximum Gasteiger partial charge on any atom is 0.269 e. The van der Waals surface area contributed by atoms with E-state index < -0.39 is 9.85 Å². The van der Waals surface area contributed by atoms with Gasteiger partial charge in [-0.25, -0.2) is 0 Å². The molecule has 8 heteroatoms. The Balaban J connectivity index is 1.67. The van der Waals surface area contributed by atoms with Gasteiger partial charge in [-0.3, -0.25) is 20.2 Å². The summed E-state index contributed by atoms with van der Waals surface area (Å²) in [7, 11) is 0. The summed E-state index contributed by atoms with van der Waals surface area (Å²) in [6.07, 6.45) is 0. The van der Waals surface area contributed by atoms with Gasteiger partial charge in [0.1, 0.15) is 0 Å². The van der Waals surface area contributed by atoms with Crippen LogP contribution in [0.5, 0.6) is 0 Å². The molecule has 0 amide bonds. The smallest absolute Gasteiger partial charge is 0.269 e. The topological polar surface area (TPSA) is 96.1 Å². The standard InChI is InChI=1S/C32H24N4O4/c1-21-3-7-23(8-4-21)29-19-31-32(33(29)25-11-15-27(16-12-25)35(37)38)20-30(24-9-5-22(2)6-10-24)34(31)26-13-17-28(18-14-26)36(39)40/h3-20H,1-2H3. The molecule has 0 saturated heterocycles. The molecule has 196 valence electrons. The third-order valence-electron chi connectivity index (χ3n) is 7.11. The number of aromatic nitrogens is 2. The van der Waals surface area contributed by atoms with Crippen LogP contribution in [0.15, 0.2) is 109 Å². The van der Waals surface area contributed by atoms with Crippen LogP contribution in [0.2, 0.25) is 0 Å². The second-order valence-corrected chi connectivity index (χ2v) is 9.78. The number of rotatable bonds is 6. The molecule has 4 aromatic carbocycles. The zero-order chi connectivity index (χ0) is 28.0. The molecule has 0 radical (unpaired) electrons. The molecule has 0 bridgehead atoms. The van der Waals surface area contributed by atoms with E-state index in [-0.39, 0.29) is 11.4 Å². The van der Waals surface area contributed by atoms with Gasteiger partial charge in [0.15, 0.2) is 0 Å². The molecule has 0 N–H and O–H groups in total. The molecule has 40 heavy (non-hydrogen) atoms. The van der Waals surface area contributed by atoms with Gasteiger partial charge in [0.25, 0.3) is 11.4 Å². The van der Waals surface area contributed by atoms with Crippen molar-refractivity contribution < 1.29 is 9.85 Å². The van der Waals surface area contributed by atoms with Crippen LogP contribution in [-0.2, 0) is 0 Å². The van der Waals surface area contributed by atoms with Crippen LogP contribution in [0.3, 0.4) is 0 Å². The van der Waals surface area contributed by atoms with Crippen LogP contribution in [0.25, 0.3) is 44.9 Å². The highest BCUT2D eigenvalue weighted by Crippen LogP contribution is 2.39. The Morgan fingerprint density at radius 2 is 0.825 bits per heavy atom. The highest BCUT2D eigenvalue weighted by atomic mass is 16.6. The molecular formula is C32H24N4O4. The maximum absolute atomic E-state index is 11.3. The first-order valence-corrected chi connectivity index (χ1v) is 12.7. The van der Waals surface area contributed by atoms with Crippen LogP contribution in [0, 0.1) is 34.1 Å². The van der Waals surface area contributed by atoms with Gasteiger partial charge in [-0.1, -0.05) is 59.7 Å². The first-order chi connectivity index (χ1) is 19.3. The van der Waals surface area contributed by atoms with Crippen molar-refractivity contribution in [3.63, 3.8) is 0 Å². The summed E-state index contributed by atoms with van der Waals surface area (Å²) >= 11 is 0. The van der Waals surface area contributed by atoms with Gasteiger partial charge in [0.2, 0.25) is 0 Å². The van der Waals surface area contributed by atoms with E-state index in [9.17, 15) is 20.2 Å². The summed E-state index contributed by atoms with van der Waals surface area (Å²) in [4.78, 5) is 21.9. The number of hydrogen-bond acceptors (Lipinski definition) is 4. The number of non-ortho nitro benzene ring substituents is 2. The zero-order valence-corrected chi connectivity index (χ0v) is 21.8. The number of nitro groups is 2. The minimum atomic E-state index is -0.406. The first-order valence-electron chi connectivity index (χ1n) is 12.7. The summed E-state index contributed by atoms with van der Waals surface area (Å²) in [6.45, 7) is 4.07. The van der Waals surface area contributed by atoms with Gasteiger partial charge in [-0.2, -0.15) is 0 Å². The molecule has 0 fully saturated rings. The number of hydrogen-bond donors (Lipinski definition) is 0. The molecule has 0 unspecified atom stereocenters. The highest BCUT2D eigenvalue weighted by Gasteiger charge is 2.21. The SMILES string of the molecule is Cc1ccc(-c2cc3c(cc(-c4ccc(C)cc4)n3-c3ccc([N+](=O)[O-])cc3)n2-c2ccc([N+](=O)[O-])cc2)cc1. The Kier molecular flexibility index (Phi) is 6.00. The summed E-state index contributed by atoms with van der Waals surface area (Å²) in [5.41, 5.74) is 9.52. The number of fused-ring (bicyclic) bond motifs is 1. The second-order valence-electron chi connectivity index (χ2n) is 9.78. The number of nitro benzene ring substituents is 2. The van der Waals surface area contributed by atoms with Crippen LogP contribution in [0.1, 0.15) is 11.1 Å². The third kappa shape index (κ3) is 4.31. The second kappa shape index (κ2) is 9.67. The lowest BCUT2D eigenvalue weighted by Crippen LogP contribution is -1.97. The minimum Gasteiger partial charge on any atom is -0.308 e. The quantitative estimate of drug-likeness (QED) is 0.161. The van der Waals surface area contributed by atoms with Crippen molar-refractivity contribution in [2.45, 2.75) is 13.8 Å². The van der Waals surface area contributed by atoms with E-state index in [4.69, 9.17) is 0 Å². The minimum absolute atomic E-state index is 0.0211. The molecule has 0 spiro atoms. The molecular weight excluding hydrogens is 504 g/mol. The van der Waals surface area contributed by atoms with Crippen molar-refractivity contribution in [2.75, 3.05) is 0 Å². The summed E-state index contributed by atoms with van der Waals surface area (Å²) in [6, 6.07) is 33.7. The van der Waals surface area contributed by atoms with Crippen molar-refractivity contribution in [3.8, 4) is 33.9 Å². The average molecular weight is 529 g/mol. The van der Waals surface area contributed by atoms with E-state index in [1.54, 1.807) is 24.3 Å². The fourth-order valence-corrected chi connectivity index (χ4v) is 5.03. The predicted octanol–water partition coefficient (Wildman–Crippen LogP) is 8.19. The van der Waals surface area contributed by atoms with Crippen molar-refractivity contribution >= 4 is 22.4 Å². The largest absolute Gasteiger partial charge is 0.308 e. The van der Waals surface area contributed by atoms with Crippen molar-refractivity contribution in [1.29, 1.82) is 0 Å². The molecule has 0 saturated carbocycles. The lowest BCUT2D eigenvalue weighted by molar-refractivity contribution is -0.385. The lowest BCUT2D eigenvalue weighted by atomic mass is 10.1. The van der Waals surface area contributed by atoms with Gasteiger partial charge < -0.3 is 9.13 Å². The number of aryl methyl sites for hydroxylation is 2. The predicted molar refractivity (Wildman–Crippen MR) is 156 cm³/mol. The first kappa shape index (κ1) is 24.8. The van der Waals surface area contributed by atoms with Gasteiger partial charge >= 0.3 is 0 Å². The summed E-state index contributed by atoms with van der Waals surface area (Å²) in [5, 5.41) is 22.7. The molecule has 2 aromatic heterocycles. The zero-order valence-electron chi connectivity index (χ0n) is 21.8. The van der Waals surface area contributed by atoms with Gasteiger partial charge in [-0.05, 0) is 61.4 Å². The molecule has 0 aliphatic heterocycles.